The van der Waals surface area contributed by atoms with Crippen LogP contribution in [0.1, 0.15) is 42.4 Å². The van der Waals surface area contributed by atoms with Crippen LogP contribution in [0.4, 0.5) is 0 Å². The van der Waals surface area contributed by atoms with E-state index in [0.29, 0.717) is 23.9 Å². The molecule has 146 valence electrons. The first-order valence-electron chi connectivity index (χ1n) is 9.70. The second-order valence-electron chi connectivity index (χ2n) is 7.86. The summed E-state index contributed by atoms with van der Waals surface area (Å²) in [5.41, 5.74) is 3.37. The highest BCUT2D eigenvalue weighted by molar-refractivity contribution is 6.30. The SMILES string of the molecule is CN1[C@H]2CC[C@@H]1[C@@H](c1cc(-c3ccccc3)no1)[C@@H](c1ccc(Cl)cc1)C2.Cl. The smallest absolute Gasteiger partial charge is 0.142 e. The average molecular weight is 415 g/mol. The van der Waals surface area contributed by atoms with Gasteiger partial charge in [0.2, 0.25) is 0 Å². The first-order valence-corrected chi connectivity index (χ1v) is 10.1. The molecule has 0 radical (unpaired) electrons. The quantitative estimate of drug-likeness (QED) is 0.514. The van der Waals surface area contributed by atoms with E-state index in [4.69, 9.17) is 16.1 Å². The summed E-state index contributed by atoms with van der Waals surface area (Å²) in [5, 5.41) is 5.19. The standard InChI is InChI=1S/C23H23ClN2O.ClH/c1-26-18-11-12-21(26)23(19(13-18)15-7-9-17(24)10-8-15)22-14-20(25-27-22)16-5-3-2-4-6-16;/h2-10,14,18-19,21,23H,11-13H2,1H3;1H/t18-,19+,21+,23-;/m0./s1. The predicted octanol–water partition coefficient (Wildman–Crippen LogP) is 6.15. The maximum absolute atomic E-state index is 6.13. The van der Waals surface area contributed by atoms with E-state index in [-0.39, 0.29) is 12.4 Å². The number of rotatable bonds is 3. The molecule has 5 heteroatoms. The fourth-order valence-corrected chi connectivity index (χ4v) is 5.22. The molecule has 2 fully saturated rings. The van der Waals surface area contributed by atoms with E-state index in [0.717, 1.165) is 28.5 Å². The molecular formula is C23H24Cl2N2O. The number of piperidine rings is 1. The van der Waals surface area contributed by atoms with Crippen LogP contribution >= 0.6 is 24.0 Å². The lowest BCUT2D eigenvalue weighted by molar-refractivity contribution is 0.122. The van der Waals surface area contributed by atoms with E-state index in [2.05, 4.69) is 47.4 Å². The van der Waals surface area contributed by atoms with E-state index in [1.54, 1.807) is 0 Å². The fourth-order valence-electron chi connectivity index (χ4n) is 5.10. The molecule has 0 spiro atoms. The number of nitrogens with zero attached hydrogens (tertiary/aromatic N) is 2. The number of benzene rings is 2. The van der Waals surface area contributed by atoms with Crippen molar-refractivity contribution >= 4 is 24.0 Å². The Labute approximate surface area is 177 Å². The number of halogens is 2. The lowest BCUT2D eigenvalue weighted by atomic mass is 9.75. The summed E-state index contributed by atoms with van der Waals surface area (Å²) < 4.78 is 5.93. The summed E-state index contributed by atoms with van der Waals surface area (Å²) >= 11 is 6.13. The van der Waals surface area contributed by atoms with E-state index < -0.39 is 0 Å². The third-order valence-electron chi connectivity index (χ3n) is 6.49. The second kappa shape index (κ2) is 7.90. The van der Waals surface area contributed by atoms with Gasteiger partial charge in [0.25, 0.3) is 0 Å². The Bertz CT molecular complexity index is 925. The molecule has 1 aromatic heterocycles. The predicted molar refractivity (Wildman–Crippen MR) is 115 cm³/mol. The Morgan fingerprint density at radius 2 is 1.79 bits per heavy atom. The van der Waals surface area contributed by atoms with Gasteiger partial charge in [-0.15, -0.1) is 12.4 Å². The van der Waals surface area contributed by atoms with E-state index in [9.17, 15) is 0 Å². The number of likely N-dealkylation sites (N-methyl/N-ethyl adjacent to an activating group) is 1. The maximum Gasteiger partial charge on any atom is 0.142 e. The van der Waals surface area contributed by atoms with Crippen LogP contribution in [-0.2, 0) is 0 Å². The molecule has 2 saturated heterocycles. The zero-order chi connectivity index (χ0) is 18.4. The molecule has 2 bridgehead atoms. The van der Waals surface area contributed by atoms with Crippen LogP contribution in [-0.4, -0.2) is 29.2 Å². The minimum absolute atomic E-state index is 0. The van der Waals surface area contributed by atoms with Crippen LogP contribution < -0.4 is 0 Å². The first-order chi connectivity index (χ1) is 13.2. The van der Waals surface area contributed by atoms with Crippen molar-refractivity contribution in [3.8, 4) is 11.3 Å². The Balaban J connectivity index is 0.00000192. The molecule has 2 aliphatic rings. The maximum atomic E-state index is 6.13. The van der Waals surface area contributed by atoms with E-state index in [1.807, 2.05) is 30.3 Å². The summed E-state index contributed by atoms with van der Waals surface area (Å²) in [4.78, 5) is 2.56. The summed E-state index contributed by atoms with van der Waals surface area (Å²) in [6.45, 7) is 0. The van der Waals surface area contributed by atoms with E-state index in [1.165, 1.54) is 18.4 Å². The van der Waals surface area contributed by atoms with Gasteiger partial charge in [-0.1, -0.05) is 59.2 Å². The molecule has 0 saturated carbocycles. The Morgan fingerprint density at radius 3 is 2.54 bits per heavy atom. The second-order valence-corrected chi connectivity index (χ2v) is 8.30. The summed E-state index contributed by atoms with van der Waals surface area (Å²) in [6, 6.07) is 21.9. The molecule has 28 heavy (non-hydrogen) atoms. The molecule has 3 heterocycles. The lowest BCUT2D eigenvalue weighted by Gasteiger charge is -2.42. The minimum Gasteiger partial charge on any atom is -0.360 e. The van der Waals surface area contributed by atoms with Gasteiger partial charge >= 0.3 is 0 Å². The van der Waals surface area contributed by atoms with Crippen LogP contribution in [0.5, 0.6) is 0 Å². The van der Waals surface area contributed by atoms with Crippen LogP contribution in [0.15, 0.2) is 65.2 Å². The summed E-state index contributed by atoms with van der Waals surface area (Å²) in [6.07, 6.45) is 3.64. The van der Waals surface area contributed by atoms with Crippen molar-refractivity contribution in [3.63, 3.8) is 0 Å². The molecular weight excluding hydrogens is 391 g/mol. The van der Waals surface area contributed by atoms with Crippen molar-refractivity contribution in [2.75, 3.05) is 7.05 Å². The van der Waals surface area contributed by atoms with Crippen molar-refractivity contribution in [2.45, 2.75) is 43.2 Å². The first kappa shape index (κ1) is 19.5. The molecule has 0 amide bonds. The van der Waals surface area contributed by atoms with Gasteiger partial charge < -0.3 is 4.52 Å². The summed E-state index contributed by atoms with van der Waals surface area (Å²) in [5.74, 6) is 1.76. The molecule has 0 N–H and O–H groups in total. The highest BCUT2D eigenvalue weighted by Crippen LogP contribution is 2.51. The fraction of sp³-hybridized carbons (Fsp3) is 0.348. The topological polar surface area (TPSA) is 29.3 Å². The van der Waals surface area contributed by atoms with Crippen LogP contribution in [0.25, 0.3) is 11.3 Å². The summed E-state index contributed by atoms with van der Waals surface area (Å²) in [7, 11) is 2.27. The van der Waals surface area contributed by atoms with Crippen LogP contribution in [0.2, 0.25) is 5.02 Å². The molecule has 3 aromatic rings. The average Bonchev–Trinajstić information content (AvgIpc) is 3.26. The van der Waals surface area contributed by atoms with Crippen LogP contribution in [0.3, 0.4) is 0 Å². The number of hydrogen-bond acceptors (Lipinski definition) is 3. The number of fused-ring (bicyclic) bond motifs is 2. The monoisotopic (exact) mass is 414 g/mol. The molecule has 0 unspecified atom stereocenters. The van der Waals surface area contributed by atoms with Gasteiger partial charge in [0, 0.05) is 34.7 Å². The number of aromatic nitrogens is 1. The number of hydrogen-bond donors (Lipinski definition) is 0. The molecule has 3 nitrogen and oxygen atoms in total. The van der Waals surface area contributed by atoms with Gasteiger partial charge in [-0.25, -0.2) is 0 Å². The van der Waals surface area contributed by atoms with Gasteiger partial charge in [-0.3, -0.25) is 4.90 Å². The highest BCUT2D eigenvalue weighted by atomic mass is 35.5. The van der Waals surface area contributed by atoms with Gasteiger partial charge in [0.05, 0.1) is 0 Å². The van der Waals surface area contributed by atoms with Gasteiger partial charge in [0.15, 0.2) is 0 Å². The van der Waals surface area contributed by atoms with Gasteiger partial charge in [0.1, 0.15) is 11.5 Å². The van der Waals surface area contributed by atoms with Crippen molar-refractivity contribution < 1.29 is 4.52 Å². The molecule has 4 atom stereocenters. The van der Waals surface area contributed by atoms with Gasteiger partial charge in [-0.05, 0) is 49.9 Å². The van der Waals surface area contributed by atoms with Crippen molar-refractivity contribution in [1.29, 1.82) is 0 Å². The molecule has 5 rings (SSSR count). The Kier molecular flexibility index (Phi) is 5.50. The Morgan fingerprint density at radius 1 is 1.04 bits per heavy atom. The van der Waals surface area contributed by atoms with Crippen molar-refractivity contribution in [3.05, 3.63) is 77.0 Å². The highest BCUT2D eigenvalue weighted by Gasteiger charge is 2.48. The van der Waals surface area contributed by atoms with Gasteiger partial charge in [-0.2, -0.15) is 0 Å². The Hall–Kier alpha value is -1.81. The molecule has 2 aliphatic heterocycles. The third-order valence-corrected chi connectivity index (χ3v) is 6.75. The zero-order valence-electron chi connectivity index (χ0n) is 15.8. The molecule has 0 aliphatic carbocycles. The van der Waals surface area contributed by atoms with Crippen molar-refractivity contribution in [2.24, 2.45) is 0 Å². The van der Waals surface area contributed by atoms with Crippen LogP contribution in [0, 0.1) is 0 Å². The van der Waals surface area contributed by atoms with Crippen molar-refractivity contribution in [1.82, 2.24) is 10.1 Å². The molecule has 2 aromatic carbocycles. The largest absolute Gasteiger partial charge is 0.360 e. The minimum atomic E-state index is 0. The normalized spacial score (nSPS) is 26.8. The zero-order valence-corrected chi connectivity index (χ0v) is 17.4. The van der Waals surface area contributed by atoms with E-state index >= 15 is 0 Å². The third kappa shape index (κ3) is 3.36. The lowest BCUT2D eigenvalue weighted by Crippen LogP contribution is -2.44.